The predicted octanol–water partition coefficient (Wildman–Crippen LogP) is 8.23. The normalized spacial score (nSPS) is 10.4. The number of benzene rings is 4. The quantitative estimate of drug-likeness (QED) is 0.0764. The summed E-state index contributed by atoms with van der Waals surface area (Å²) < 4.78 is 5.36. The fourth-order valence-electron chi connectivity index (χ4n) is 5.96. The molecule has 0 amide bonds. The molecule has 8 aromatic rings. The fourth-order valence-corrected chi connectivity index (χ4v) is 6.52. The van der Waals surface area contributed by atoms with Gasteiger partial charge in [0.25, 0.3) is 0 Å². The number of nitrogen functional groups attached to an aromatic ring is 2. The number of hydrogen-bond donors (Lipinski definition) is 4. The van der Waals surface area contributed by atoms with Gasteiger partial charge >= 0.3 is 7.12 Å². The maximum Gasteiger partial charge on any atom is 0.488 e. The zero-order valence-electron chi connectivity index (χ0n) is 29.0. The molecule has 0 fully saturated rings. The molecule has 0 aliphatic rings. The van der Waals surface area contributed by atoms with Gasteiger partial charge in [-0.05, 0) is 104 Å². The molecule has 264 valence electrons. The highest BCUT2D eigenvalue weighted by atomic mass is 79.9. The van der Waals surface area contributed by atoms with E-state index in [1.54, 1.807) is 30.6 Å². The van der Waals surface area contributed by atoms with Gasteiger partial charge in [0, 0.05) is 88.1 Å². The molecule has 6 N–H and O–H groups in total. The summed E-state index contributed by atoms with van der Waals surface area (Å²) in [4.78, 5) is 15.4. The molecule has 0 aliphatic heterocycles. The predicted molar refractivity (Wildman–Crippen MR) is 221 cm³/mol. The van der Waals surface area contributed by atoms with Gasteiger partial charge in [0.2, 0.25) is 0 Å². The zero-order chi connectivity index (χ0) is 38.0. The second-order valence-corrected chi connectivity index (χ2v) is 13.1. The van der Waals surface area contributed by atoms with Crippen molar-refractivity contribution in [2.24, 2.45) is 0 Å². The number of rotatable bonds is 6. The number of pyridine rings is 2. The van der Waals surface area contributed by atoms with Crippen molar-refractivity contribution in [2.45, 2.75) is 13.1 Å². The van der Waals surface area contributed by atoms with E-state index in [9.17, 15) is 0 Å². The molecule has 0 bridgehead atoms. The minimum absolute atomic E-state index is 0.417. The van der Waals surface area contributed by atoms with Crippen LogP contribution in [0.1, 0.15) is 11.1 Å². The van der Waals surface area contributed by atoms with Gasteiger partial charge in [-0.25, -0.2) is 9.69 Å². The van der Waals surface area contributed by atoms with E-state index in [1.165, 1.54) is 6.07 Å². The summed E-state index contributed by atoms with van der Waals surface area (Å²) in [5.41, 5.74) is 20.9. The number of halogens is 1. The number of anilines is 2. The second-order valence-electron chi connectivity index (χ2n) is 12.3. The largest absolute Gasteiger partial charge is 0.488 e. The van der Waals surface area contributed by atoms with Crippen LogP contribution in [0.25, 0.3) is 42.6 Å². The van der Waals surface area contributed by atoms with Gasteiger partial charge in [0.15, 0.2) is 11.4 Å². The van der Waals surface area contributed by atoms with Gasteiger partial charge < -0.3 is 30.6 Å². The molecule has 12 heteroatoms. The average Bonchev–Trinajstić information content (AvgIpc) is 3.71. The van der Waals surface area contributed by atoms with Gasteiger partial charge in [-0.1, -0.05) is 48.5 Å². The molecule has 4 heterocycles. The van der Waals surface area contributed by atoms with Crippen molar-refractivity contribution in [3.05, 3.63) is 185 Å². The van der Waals surface area contributed by atoms with E-state index in [1.807, 2.05) is 91.4 Å². The molecule has 0 atom stereocenters. The lowest BCUT2D eigenvalue weighted by molar-refractivity contribution is 0.426. The summed E-state index contributed by atoms with van der Waals surface area (Å²) in [6.07, 6.45) is 11.5. The monoisotopic (exact) mass is 772 g/mol. The maximum atomic E-state index is 8.65. The van der Waals surface area contributed by atoms with Crippen LogP contribution in [-0.2, 0) is 13.1 Å². The lowest BCUT2D eigenvalue weighted by Gasteiger charge is -2.05. The van der Waals surface area contributed by atoms with Crippen molar-refractivity contribution >= 4 is 73.1 Å². The number of nitrogens with zero attached hydrogens (tertiary/aromatic N) is 6. The molecule has 54 heavy (non-hydrogen) atoms. The lowest BCUT2D eigenvalue weighted by Crippen LogP contribution is -2.29. The van der Waals surface area contributed by atoms with Crippen molar-refractivity contribution in [3.8, 4) is 11.1 Å². The third-order valence-corrected chi connectivity index (χ3v) is 9.13. The Morgan fingerprint density at radius 2 is 1.20 bits per heavy atom. The van der Waals surface area contributed by atoms with E-state index in [4.69, 9.17) is 34.7 Å². The first kappa shape index (κ1) is 37.1. The Kier molecular flexibility index (Phi) is 11.8. The van der Waals surface area contributed by atoms with Crippen LogP contribution in [-0.4, -0.2) is 36.3 Å². The van der Waals surface area contributed by atoms with Crippen molar-refractivity contribution in [3.63, 3.8) is 0 Å². The summed E-state index contributed by atoms with van der Waals surface area (Å²) in [6, 6.07) is 33.9. The van der Waals surface area contributed by atoms with Gasteiger partial charge in [-0.2, -0.15) is 0 Å². The Labute approximate surface area is 321 Å². The van der Waals surface area contributed by atoms with Crippen molar-refractivity contribution in [2.75, 3.05) is 11.5 Å². The highest BCUT2D eigenvalue weighted by molar-refractivity contribution is 9.10. The van der Waals surface area contributed by atoms with Crippen LogP contribution in [0, 0.1) is 13.1 Å². The standard InChI is InChI=1S/C21H16N4.C15H10BrN3.C6H8BNO2/c1-23-18-7-8-21-19(11-18)20(16-5-2-6-17(22)10-16)14-25(21)13-15-4-3-9-24-12-15;1-17-12-4-5-15-13(7-12)14(16)10-19(15)9-11-3-2-6-18-8-11;8-6-3-1-2-5(4-6)7(9)10/h2-12,14H,13,22H2;2-8,10H,9H2;1-4,9-10H,8H2. The van der Waals surface area contributed by atoms with Crippen molar-refractivity contribution < 1.29 is 10.0 Å². The van der Waals surface area contributed by atoms with E-state index >= 15 is 0 Å². The van der Waals surface area contributed by atoms with E-state index < -0.39 is 7.12 Å². The second kappa shape index (κ2) is 17.2. The molecule has 8 rings (SSSR count). The molecule has 0 radical (unpaired) electrons. The third-order valence-electron chi connectivity index (χ3n) is 8.50. The van der Waals surface area contributed by atoms with Crippen LogP contribution in [0.15, 0.2) is 151 Å². The van der Waals surface area contributed by atoms with Crippen LogP contribution >= 0.6 is 15.9 Å². The van der Waals surface area contributed by atoms with Crippen LogP contribution < -0.4 is 16.9 Å². The van der Waals surface area contributed by atoms with E-state index in [0.29, 0.717) is 22.5 Å². The van der Waals surface area contributed by atoms with E-state index in [-0.39, 0.29) is 0 Å². The summed E-state index contributed by atoms with van der Waals surface area (Å²) in [5.74, 6) is 0. The molecule has 4 aromatic heterocycles. The molecule has 0 saturated carbocycles. The van der Waals surface area contributed by atoms with Crippen LogP contribution in [0.4, 0.5) is 22.7 Å². The first-order valence-electron chi connectivity index (χ1n) is 16.7. The molecule has 0 aliphatic carbocycles. The molecular weight excluding hydrogens is 739 g/mol. The zero-order valence-corrected chi connectivity index (χ0v) is 30.5. The van der Waals surface area contributed by atoms with E-state index in [0.717, 1.165) is 67.3 Å². The lowest BCUT2D eigenvalue weighted by atomic mass is 9.80. The van der Waals surface area contributed by atoms with Crippen molar-refractivity contribution in [1.82, 2.24) is 19.1 Å². The highest BCUT2D eigenvalue weighted by Crippen LogP contribution is 2.35. The molecule has 10 nitrogen and oxygen atoms in total. The van der Waals surface area contributed by atoms with E-state index in [2.05, 4.69) is 63.1 Å². The van der Waals surface area contributed by atoms with Gasteiger partial charge in [-0.3, -0.25) is 9.97 Å². The molecular formula is C42H34BBrN8O2. The number of hydrogen-bond acceptors (Lipinski definition) is 6. The topological polar surface area (TPSA) is 137 Å². The molecule has 4 aromatic carbocycles. The van der Waals surface area contributed by atoms with Gasteiger partial charge in [0.05, 0.1) is 13.1 Å². The summed E-state index contributed by atoms with van der Waals surface area (Å²) in [6.45, 7) is 15.9. The third kappa shape index (κ3) is 9.02. The molecule has 0 spiro atoms. The Balaban J connectivity index is 0.000000151. The van der Waals surface area contributed by atoms with Crippen LogP contribution in [0.3, 0.4) is 0 Å². The minimum Gasteiger partial charge on any atom is -0.423 e. The van der Waals surface area contributed by atoms with Crippen LogP contribution in [0.2, 0.25) is 0 Å². The Morgan fingerprint density at radius 1 is 0.648 bits per heavy atom. The summed E-state index contributed by atoms with van der Waals surface area (Å²) in [7, 11) is -1.43. The summed E-state index contributed by atoms with van der Waals surface area (Å²) >= 11 is 3.56. The minimum atomic E-state index is -1.43. The number of fused-ring (bicyclic) bond motifs is 2. The van der Waals surface area contributed by atoms with Gasteiger partial charge in [-0.15, -0.1) is 0 Å². The highest BCUT2D eigenvalue weighted by Gasteiger charge is 2.13. The van der Waals surface area contributed by atoms with Gasteiger partial charge in [0.1, 0.15) is 0 Å². The Hall–Kier alpha value is -6.70. The maximum absolute atomic E-state index is 8.65. The molecule has 0 unspecified atom stereocenters. The smallest absolute Gasteiger partial charge is 0.423 e. The first-order chi connectivity index (χ1) is 26.2. The number of aromatic nitrogens is 4. The number of nitrogens with two attached hydrogens (primary N) is 2. The average molecular weight is 774 g/mol. The van der Waals surface area contributed by atoms with Crippen molar-refractivity contribution in [1.29, 1.82) is 0 Å². The molecule has 0 saturated heterocycles. The van der Waals surface area contributed by atoms with Crippen LogP contribution in [0.5, 0.6) is 0 Å². The fraction of sp³-hybridized carbons (Fsp3) is 0.0476. The SMILES string of the molecule is Nc1cccc(B(O)O)c1.[C-]#[N+]c1ccc2c(c1)c(-c1cccc(N)c1)cn2Cc1cccnc1.[C-]#[N+]c1ccc2c(c1)c(Br)cn2Cc1cccnc1. The Bertz CT molecular complexity index is 2610. The first-order valence-corrected chi connectivity index (χ1v) is 17.5. The Morgan fingerprint density at radius 3 is 1.72 bits per heavy atom. The summed E-state index contributed by atoms with van der Waals surface area (Å²) in [5, 5.41) is 19.4.